The zero-order chi connectivity index (χ0) is 18.0. The van der Waals surface area contributed by atoms with Crippen LogP contribution in [-0.2, 0) is 21.3 Å². The number of nitrogens with zero attached hydrogens (tertiary/aromatic N) is 1. The molecule has 25 heavy (non-hydrogen) atoms. The van der Waals surface area contributed by atoms with Gasteiger partial charge in [-0.25, -0.2) is 0 Å². The number of carbonyl (C=O) groups is 1. The molecule has 2 aromatic rings. The smallest absolute Gasteiger partial charge is 0.239 e. The second kappa shape index (κ2) is 7.26. The molecule has 2 atom stereocenters. The van der Waals surface area contributed by atoms with Gasteiger partial charge in [-0.2, -0.15) is 0 Å². The van der Waals surface area contributed by atoms with E-state index in [9.17, 15) is 9.00 Å². The largest absolute Gasteiger partial charge is 0.486 e. The van der Waals surface area contributed by atoms with Crippen molar-refractivity contribution in [1.29, 1.82) is 0 Å². The molecule has 0 spiro atoms. The Balaban J connectivity index is 1.65. The molecule has 0 saturated heterocycles. The van der Waals surface area contributed by atoms with Crippen molar-refractivity contribution in [2.24, 2.45) is 0 Å². The van der Waals surface area contributed by atoms with E-state index < -0.39 is 16.0 Å². The molecule has 1 aromatic heterocycles. The molecular weight excluding hydrogens is 344 g/mol. The summed E-state index contributed by atoms with van der Waals surface area (Å²) < 4.78 is 28.5. The monoisotopic (exact) mass is 364 g/mol. The normalized spacial score (nSPS) is 15.5. The van der Waals surface area contributed by atoms with Crippen LogP contribution in [-0.4, -0.2) is 33.7 Å². The van der Waals surface area contributed by atoms with E-state index >= 15 is 0 Å². The second-order valence-electron chi connectivity index (χ2n) is 5.82. The minimum atomic E-state index is -1.39. The number of ether oxygens (including phenoxy) is 2. The highest BCUT2D eigenvalue weighted by Gasteiger charge is 2.23. The fourth-order valence-corrected chi connectivity index (χ4v) is 3.70. The Bertz CT molecular complexity index is 798. The van der Waals surface area contributed by atoms with E-state index in [0.29, 0.717) is 41.9 Å². The van der Waals surface area contributed by atoms with Gasteiger partial charge in [-0.3, -0.25) is 9.00 Å². The number of anilines is 1. The molecule has 134 valence electrons. The van der Waals surface area contributed by atoms with Gasteiger partial charge in [0.15, 0.2) is 11.5 Å². The van der Waals surface area contributed by atoms with Crippen LogP contribution in [0.2, 0.25) is 0 Å². The van der Waals surface area contributed by atoms with Crippen molar-refractivity contribution in [2.75, 3.05) is 18.5 Å². The Kier molecular flexibility index (Phi) is 5.08. The van der Waals surface area contributed by atoms with Crippen molar-refractivity contribution < 1.29 is 23.0 Å². The average molecular weight is 364 g/mol. The first-order valence-electron chi connectivity index (χ1n) is 7.95. The van der Waals surface area contributed by atoms with E-state index in [1.807, 2.05) is 0 Å². The summed E-state index contributed by atoms with van der Waals surface area (Å²) in [5.74, 6) is 1.79. The molecule has 2 heterocycles. The third-order valence-corrected chi connectivity index (χ3v) is 5.62. The van der Waals surface area contributed by atoms with E-state index in [1.54, 1.807) is 39.0 Å². The van der Waals surface area contributed by atoms with Gasteiger partial charge in [0.05, 0.1) is 11.4 Å². The fourth-order valence-electron chi connectivity index (χ4n) is 2.46. The molecular formula is C17H20N2O5S. The maximum Gasteiger partial charge on any atom is 0.239 e. The number of rotatable bonds is 5. The van der Waals surface area contributed by atoms with Crippen molar-refractivity contribution in [2.45, 2.75) is 31.8 Å². The number of carbonyl (C=O) groups excluding carboxylic acids is 1. The van der Waals surface area contributed by atoms with Gasteiger partial charge in [-0.15, -0.1) is 0 Å². The third kappa shape index (κ3) is 3.84. The first-order valence-corrected chi connectivity index (χ1v) is 9.33. The molecule has 0 fully saturated rings. The molecule has 1 aliphatic heterocycles. The van der Waals surface area contributed by atoms with Crippen LogP contribution >= 0.6 is 0 Å². The Morgan fingerprint density at radius 2 is 2.00 bits per heavy atom. The molecule has 1 aromatic carbocycles. The first kappa shape index (κ1) is 17.5. The number of hydrogen-bond donors (Lipinski definition) is 1. The number of aryl methyl sites for hydroxylation is 2. The van der Waals surface area contributed by atoms with Gasteiger partial charge in [0.25, 0.3) is 0 Å². The second-order valence-corrected chi connectivity index (χ2v) is 7.57. The fraction of sp³-hybridized carbons (Fsp3) is 0.412. The lowest BCUT2D eigenvalue weighted by atomic mass is 10.2. The van der Waals surface area contributed by atoms with Gasteiger partial charge in [0.1, 0.15) is 24.2 Å². The Hall–Kier alpha value is -2.35. The highest BCUT2D eigenvalue weighted by Crippen LogP contribution is 2.32. The van der Waals surface area contributed by atoms with Crippen LogP contribution < -0.4 is 14.8 Å². The number of aromatic nitrogens is 1. The van der Waals surface area contributed by atoms with Gasteiger partial charge in [0.2, 0.25) is 5.91 Å². The lowest BCUT2D eigenvalue weighted by Crippen LogP contribution is -2.30. The minimum Gasteiger partial charge on any atom is -0.486 e. The maximum absolute atomic E-state index is 12.5. The van der Waals surface area contributed by atoms with Crippen molar-refractivity contribution >= 4 is 22.4 Å². The highest BCUT2D eigenvalue weighted by atomic mass is 32.2. The molecule has 2 unspecified atom stereocenters. The minimum absolute atomic E-state index is 0.233. The van der Waals surface area contributed by atoms with Crippen molar-refractivity contribution in [3.63, 3.8) is 0 Å². The zero-order valence-corrected chi connectivity index (χ0v) is 15.1. The van der Waals surface area contributed by atoms with Gasteiger partial charge in [0, 0.05) is 28.1 Å². The summed E-state index contributed by atoms with van der Waals surface area (Å²) in [7, 11) is -1.39. The predicted octanol–water partition coefficient (Wildman–Crippen LogP) is 2.34. The summed E-state index contributed by atoms with van der Waals surface area (Å²) in [6, 6.07) is 5.18. The van der Waals surface area contributed by atoms with Crippen LogP contribution in [0.15, 0.2) is 22.7 Å². The lowest BCUT2D eigenvalue weighted by molar-refractivity contribution is -0.115. The van der Waals surface area contributed by atoms with E-state index in [-0.39, 0.29) is 11.7 Å². The standard InChI is InChI=1S/C17H20N2O5S/c1-10-14(11(2)24-19-10)9-25(21)12(3)17(20)18-13-4-5-15-16(8-13)23-7-6-22-15/h4-5,8,12H,6-7,9H2,1-3H3,(H,18,20). The maximum atomic E-state index is 12.5. The van der Waals surface area contributed by atoms with Gasteiger partial charge in [-0.1, -0.05) is 5.16 Å². The Morgan fingerprint density at radius 3 is 2.68 bits per heavy atom. The van der Waals surface area contributed by atoms with Gasteiger partial charge < -0.3 is 19.3 Å². The van der Waals surface area contributed by atoms with Crippen LogP contribution in [0.3, 0.4) is 0 Å². The van der Waals surface area contributed by atoms with E-state index in [1.165, 1.54) is 0 Å². The molecule has 0 bridgehead atoms. The summed E-state index contributed by atoms with van der Waals surface area (Å²) in [4.78, 5) is 12.4. The highest BCUT2D eigenvalue weighted by molar-refractivity contribution is 7.85. The average Bonchev–Trinajstić information content (AvgIpc) is 2.92. The number of fused-ring (bicyclic) bond motifs is 1. The molecule has 0 saturated carbocycles. The van der Waals surface area contributed by atoms with Gasteiger partial charge >= 0.3 is 0 Å². The number of hydrogen-bond acceptors (Lipinski definition) is 6. The predicted molar refractivity (Wildman–Crippen MR) is 93.3 cm³/mol. The lowest BCUT2D eigenvalue weighted by Gasteiger charge is -2.19. The molecule has 7 nitrogen and oxygen atoms in total. The van der Waals surface area contributed by atoms with E-state index in [2.05, 4.69) is 10.5 Å². The number of amides is 1. The number of nitrogens with one attached hydrogen (secondary N) is 1. The summed E-state index contributed by atoms with van der Waals surface area (Å²) in [5.41, 5.74) is 2.07. The molecule has 0 aliphatic carbocycles. The van der Waals surface area contributed by atoms with Crippen LogP contribution in [0, 0.1) is 13.8 Å². The summed E-state index contributed by atoms with van der Waals surface area (Å²) in [6.07, 6.45) is 0. The Morgan fingerprint density at radius 1 is 1.28 bits per heavy atom. The van der Waals surface area contributed by atoms with Crippen molar-refractivity contribution in [3.05, 3.63) is 35.2 Å². The van der Waals surface area contributed by atoms with Gasteiger partial charge in [-0.05, 0) is 32.9 Å². The molecule has 0 radical (unpaired) electrons. The van der Waals surface area contributed by atoms with Crippen LogP contribution in [0.25, 0.3) is 0 Å². The molecule has 1 N–H and O–H groups in total. The zero-order valence-electron chi connectivity index (χ0n) is 14.3. The van der Waals surface area contributed by atoms with Crippen molar-refractivity contribution in [3.8, 4) is 11.5 Å². The topological polar surface area (TPSA) is 90.7 Å². The van der Waals surface area contributed by atoms with Crippen molar-refractivity contribution in [1.82, 2.24) is 5.16 Å². The molecule has 1 aliphatic rings. The van der Waals surface area contributed by atoms with E-state index in [0.717, 1.165) is 5.56 Å². The SMILES string of the molecule is Cc1noc(C)c1CS(=O)C(C)C(=O)Nc1ccc2c(c1)OCCO2. The molecule has 1 amide bonds. The first-order chi connectivity index (χ1) is 12.0. The summed E-state index contributed by atoms with van der Waals surface area (Å²) in [5, 5.41) is 5.94. The quantitative estimate of drug-likeness (QED) is 0.876. The van der Waals surface area contributed by atoms with Crippen LogP contribution in [0.4, 0.5) is 5.69 Å². The van der Waals surface area contributed by atoms with Crippen LogP contribution in [0.1, 0.15) is 23.9 Å². The third-order valence-electron chi connectivity index (χ3n) is 4.04. The summed E-state index contributed by atoms with van der Waals surface area (Å²) in [6.45, 7) is 6.19. The van der Waals surface area contributed by atoms with Crippen LogP contribution in [0.5, 0.6) is 11.5 Å². The Labute approximate surface area is 148 Å². The molecule has 3 rings (SSSR count). The number of benzene rings is 1. The summed E-state index contributed by atoms with van der Waals surface area (Å²) >= 11 is 0. The van der Waals surface area contributed by atoms with E-state index in [4.69, 9.17) is 14.0 Å². The molecule has 8 heteroatoms.